The highest BCUT2D eigenvalue weighted by molar-refractivity contribution is 6.01. The fraction of sp³-hybridized carbons (Fsp3) is 0.400. The van der Waals surface area contributed by atoms with E-state index in [0.29, 0.717) is 35.6 Å². The molecule has 3 aromatic rings. The van der Waals surface area contributed by atoms with E-state index in [1.54, 1.807) is 28.8 Å². The normalized spacial score (nSPS) is 17.1. The number of methoxy groups -OCH3 is 1. The number of imidazole rings is 1. The average Bonchev–Trinajstić information content (AvgIpc) is 3.42. The number of nitrogens with zero attached hydrogens (tertiary/aromatic N) is 3. The third-order valence-corrected chi connectivity index (χ3v) is 6.25. The van der Waals surface area contributed by atoms with Crippen LogP contribution in [0, 0.1) is 0 Å². The number of nitrogens with one attached hydrogen (secondary N) is 1. The zero-order valence-corrected chi connectivity index (χ0v) is 20.4. The Morgan fingerprint density at radius 3 is 2.68 bits per heavy atom. The lowest BCUT2D eigenvalue weighted by molar-refractivity contribution is -0.0502. The molecule has 0 bridgehead atoms. The van der Waals surface area contributed by atoms with Crippen LogP contribution in [0.15, 0.2) is 36.7 Å². The van der Waals surface area contributed by atoms with Gasteiger partial charge in [-0.25, -0.2) is 9.78 Å². The summed E-state index contributed by atoms with van der Waals surface area (Å²) in [5.41, 5.74) is 1.32. The molecule has 0 spiro atoms. The number of aromatic nitrogens is 2. The Kier molecular flexibility index (Phi) is 7.18. The first-order chi connectivity index (χ1) is 18.3. The number of aliphatic hydroxyl groups excluding tert-OH is 1. The molecule has 38 heavy (non-hydrogen) atoms. The molecule has 2 aliphatic rings. The lowest BCUT2D eigenvalue weighted by Crippen LogP contribution is -2.31. The summed E-state index contributed by atoms with van der Waals surface area (Å²) < 4.78 is 48.8. The quantitative estimate of drug-likeness (QED) is 0.403. The monoisotopic (exact) mass is 532 g/mol. The van der Waals surface area contributed by atoms with Gasteiger partial charge in [-0.2, -0.15) is 8.78 Å². The number of pyridine rings is 1. The van der Waals surface area contributed by atoms with Crippen LogP contribution in [0.2, 0.25) is 0 Å². The maximum atomic E-state index is 13.2. The van der Waals surface area contributed by atoms with E-state index in [9.17, 15) is 23.5 Å². The van der Waals surface area contributed by atoms with Crippen molar-refractivity contribution in [2.75, 3.05) is 27.0 Å². The first-order valence-corrected chi connectivity index (χ1v) is 12.0. The molecule has 1 aromatic carbocycles. The number of halogens is 2. The standard InChI is InChI=1S/C25H26F2N4O7/c1-35-19-8-14(9-20(38-24(26)27)22(19)23(33)29-15-2-3-15)18-11-28-21-10-17(5-7-31(18)21)36-13-37-25(34)30-6-4-16(32)12-30/h5,7-11,15-16,24,32H,2-4,6,12-13H2,1H3,(H,29,33). The second kappa shape index (κ2) is 10.7. The van der Waals surface area contributed by atoms with Gasteiger partial charge in [-0.1, -0.05) is 0 Å². The Hall–Kier alpha value is -4.13. The molecule has 1 saturated carbocycles. The van der Waals surface area contributed by atoms with Crippen LogP contribution in [0.1, 0.15) is 29.6 Å². The molecular formula is C25H26F2N4O7. The molecule has 1 saturated heterocycles. The van der Waals surface area contributed by atoms with Gasteiger partial charge >= 0.3 is 12.7 Å². The van der Waals surface area contributed by atoms with Crippen molar-refractivity contribution in [3.05, 3.63) is 42.2 Å². The summed E-state index contributed by atoms with van der Waals surface area (Å²) in [5, 5.41) is 12.3. The molecule has 202 valence electrons. The Balaban J connectivity index is 1.35. The van der Waals surface area contributed by atoms with E-state index in [-0.39, 0.29) is 36.4 Å². The predicted octanol–water partition coefficient (Wildman–Crippen LogP) is 3.04. The van der Waals surface area contributed by atoms with Gasteiger partial charge < -0.3 is 34.3 Å². The molecule has 13 heteroatoms. The largest absolute Gasteiger partial charge is 0.496 e. The van der Waals surface area contributed by atoms with Crippen molar-refractivity contribution >= 4 is 17.6 Å². The maximum absolute atomic E-state index is 13.2. The van der Waals surface area contributed by atoms with Crippen molar-refractivity contribution in [1.29, 1.82) is 0 Å². The maximum Gasteiger partial charge on any atom is 0.412 e. The van der Waals surface area contributed by atoms with Crippen LogP contribution in [0.5, 0.6) is 17.2 Å². The fourth-order valence-corrected chi connectivity index (χ4v) is 4.21. The van der Waals surface area contributed by atoms with Crippen LogP contribution in [0.3, 0.4) is 0 Å². The van der Waals surface area contributed by atoms with E-state index in [0.717, 1.165) is 12.8 Å². The van der Waals surface area contributed by atoms with Crippen LogP contribution in [-0.4, -0.2) is 77.1 Å². The first kappa shape index (κ1) is 25.5. The summed E-state index contributed by atoms with van der Waals surface area (Å²) in [5.74, 6) is -0.392. The van der Waals surface area contributed by atoms with Crippen LogP contribution < -0.4 is 19.5 Å². The van der Waals surface area contributed by atoms with Crippen molar-refractivity contribution in [1.82, 2.24) is 19.6 Å². The lowest BCUT2D eigenvalue weighted by atomic mass is 10.1. The number of benzene rings is 1. The molecule has 1 unspecified atom stereocenters. The summed E-state index contributed by atoms with van der Waals surface area (Å²) in [4.78, 5) is 30.5. The minimum atomic E-state index is -3.14. The zero-order chi connectivity index (χ0) is 26.8. The SMILES string of the molecule is COc1cc(-c2cnc3cc(OCOC(=O)N4CCC(O)C4)ccn23)cc(OC(F)F)c1C(=O)NC1CC1. The van der Waals surface area contributed by atoms with Crippen molar-refractivity contribution in [2.45, 2.75) is 38.0 Å². The molecule has 2 amide bonds. The van der Waals surface area contributed by atoms with Gasteiger partial charge in [0, 0.05) is 37.0 Å². The number of amides is 2. The van der Waals surface area contributed by atoms with Gasteiger partial charge in [0.1, 0.15) is 28.5 Å². The average molecular weight is 532 g/mol. The molecule has 2 N–H and O–H groups in total. The highest BCUT2D eigenvalue weighted by Gasteiger charge is 2.29. The highest BCUT2D eigenvalue weighted by atomic mass is 19.3. The number of carbonyl (C=O) groups excluding carboxylic acids is 2. The molecule has 1 aliphatic heterocycles. The van der Waals surface area contributed by atoms with Gasteiger partial charge in [0.15, 0.2) is 0 Å². The molecule has 2 aromatic heterocycles. The number of hydrogen-bond donors (Lipinski definition) is 2. The number of carbonyl (C=O) groups is 2. The number of ether oxygens (including phenoxy) is 4. The van der Waals surface area contributed by atoms with Gasteiger partial charge in [-0.15, -0.1) is 0 Å². The first-order valence-electron chi connectivity index (χ1n) is 12.0. The summed E-state index contributed by atoms with van der Waals surface area (Å²) in [6.07, 6.45) is 4.23. The topological polar surface area (TPSA) is 124 Å². The van der Waals surface area contributed by atoms with E-state index in [2.05, 4.69) is 10.3 Å². The van der Waals surface area contributed by atoms with Crippen molar-refractivity contribution in [3.63, 3.8) is 0 Å². The van der Waals surface area contributed by atoms with Gasteiger partial charge in [-0.3, -0.25) is 9.20 Å². The van der Waals surface area contributed by atoms with E-state index >= 15 is 0 Å². The van der Waals surface area contributed by atoms with Crippen LogP contribution in [0.4, 0.5) is 13.6 Å². The Morgan fingerprint density at radius 1 is 1.21 bits per heavy atom. The Labute approximate surface area is 215 Å². The molecule has 2 fully saturated rings. The van der Waals surface area contributed by atoms with Gasteiger partial charge in [0.2, 0.25) is 6.79 Å². The minimum Gasteiger partial charge on any atom is -0.496 e. The van der Waals surface area contributed by atoms with E-state index in [4.69, 9.17) is 18.9 Å². The lowest BCUT2D eigenvalue weighted by Gasteiger charge is -2.16. The van der Waals surface area contributed by atoms with Gasteiger partial charge in [-0.05, 0) is 37.5 Å². The summed E-state index contributed by atoms with van der Waals surface area (Å²) >= 11 is 0. The third kappa shape index (κ3) is 5.57. The molecule has 0 radical (unpaired) electrons. The molecule has 3 heterocycles. The van der Waals surface area contributed by atoms with Crippen molar-refractivity contribution < 1.29 is 42.4 Å². The van der Waals surface area contributed by atoms with Crippen molar-refractivity contribution in [2.24, 2.45) is 0 Å². The number of rotatable bonds is 9. The highest BCUT2D eigenvalue weighted by Crippen LogP contribution is 2.37. The predicted molar refractivity (Wildman–Crippen MR) is 128 cm³/mol. The number of likely N-dealkylation sites (tertiary alicyclic amines) is 1. The number of alkyl halides is 2. The second-order valence-corrected chi connectivity index (χ2v) is 8.97. The van der Waals surface area contributed by atoms with Crippen LogP contribution in [0.25, 0.3) is 16.9 Å². The smallest absolute Gasteiger partial charge is 0.412 e. The van der Waals surface area contributed by atoms with Crippen LogP contribution in [-0.2, 0) is 4.74 Å². The van der Waals surface area contributed by atoms with Gasteiger partial charge in [0.05, 0.1) is 25.1 Å². The van der Waals surface area contributed by atoms with Crippen LogP contribution >= 0.6 is 0 Å². The summed E-state index contributed by atoms with van der Waals surface area (Å²) in [6, 6.07) is 6.15. The summed E-state index contributed by atoms with van der Waals surface area (Å²) in [6.45, 7) is -2.83. The van der Waals surface area contributed by atoms with E-state index in [1.807, 2.05) is 0 Å². The minimum absolute atomic E-state index is 0.0121. The van der Waals surface area contributed by atoms with Crippen molar-refractivity contribution in [3.8, 4) is 28.5 Å². The molecule has 5 rings (SSSR count). The number of aliphatic hydroxyl groups is 1. The van der Waals surface area contributed by atoms with E-state index < -0.39 is 24.7 Å². The third-order valence-electron chi connectivity index (χ3n) is 6.25. The molecule has 1 aliphatic carbocycles. The number of β-amino-alcohol motifs (C(OH)–C–C–N with tert-alkyl or cyclic N) is 1. The number of fused-ring (bicyclic) bond motifs is 1. The fourth-order valence-electron chi connectivity index (χ4n) is 4.21. The number of hydrogen-bond acceptors (Lipinski definition) is 8. The zero-order valence-electron chi connectivity index (χ0n) is 20.4. The Morgan fingerprint density at radius 2 is 2.00 bits per heavy atom. The molecular weight excluding hydrogens is 506 g/mol. The van der Waals surface area contributed by atoms with Gasteiger partial charge in [0.25, 0.3) is 5.91 Å². The molecule has 11 nitrogen and oxygen atoms in total. The summed E-state index contributed by atoms with van der Waals surface area (Å²) in [7, 11) is 1.34. The van der Waals surface area contributed by atoms with E-state index in [1.165, 1.54) is 24.3 Å². The Bertz CT molecular complexity index is 1340. The molecule has 1 atom stereocenters. The second-order valence-electron chi connectivity index (χ2n) is 8.97.